The Balaban J connectivity index is 1.86. The van der Waals surface area contributed by atoms with E-state index in [1.807, 2.05) is 6.92 Å². The van der Waals surface area contributed by atoms with Crippen molar-refractivity contribution in [2.75, 3.05) is 0 Å². The highest BCUT2D eigenvalue weighted by Gasteiger charge is 2.51. The van der Waals surface area contributed by atoms with Crippen LogP contribution in [0.1, 0.15) is 17.2 Å². The Hall–Kier alpha value is -2.25. The van der Waals surface area contributed by atoms with Crippen LogP contribution >= 0.6 is 0 Å². The number of nitrogens with zero attached hydrogens (tertiary/aromatic N) is 1. The monoisotopic (exact) mass is 319 g/mol. The minimum atomic E-state index is -3.61. The number of hydrogen-bond donors (Lipinski definition) is 0. The van der Waals surface area contributed by atoms with Gasteiger partial charge < -0.3 is 4.74 Å². The quantitative estimate of drug-likeness (QED) is 0.491. The van der Waals surface area contributed by atoms with E-state index in [2.05, 4.69) is 0 Å². The number of nitro groups is 1. The average Bonchev–Trinajstić information content (AvgIpc) is 3.29. The first kappa shape index (κ1) is 14.7. The number of epoxide rings is 1. The van der Waals surface area contributed by atoms with Crippen molar-refractivity contribution in [3.63, 3.8) is 0 Å². The summed E-state index contributed by atoms with van der Waals surface area (Å²) in [7, 11) is -3.61. The fourth-order valence-corrected chi connectivity index (χ4v) is 3.78. The van der Waals surface area contributed by atoms with Gasteiger partial charge in [0.15, 0.2) is 5.44 Å². The summed E-state index contributed by atoms with van der Waals surface area (Å²) in [6, 6.07) is 12.4. The molecule has 1 fully saturated rings. The van der Waals surface area contributed by atoms with Gasteiger partial charge in [-0.25, -0.2) is 8.42 Å². The van der Waals surface area contributed by atoms with Crippen molar-refractivity contribution in [2.24, 2.45) is 0 Å². The van der Waals surface area contributed by atoms with Crippen molar-refractivity contribution < 1.29 is 18.1 Å². The van der Waals surface area contributed by atoms with Gasteiger partial charge in [-0.2, -0.15) is 0 Å². The summed E-state index contributed by atoms with van der Waals surface area (Å²) in [6.07, 6.45) is -0.661. The van der Waals surface area contributed by atoms with E-state index in [0.29, 0.717) is 5.56 Å². The minimum Gasteiger partial charge on any atom is -0.347 e. The molecule has 0 amide bonds. The van der Waals surface area contributed by atoms with Crippen LogP contribution in [0.25, 0.3) is 0 Å². The first-order chi connectivity index (χ1) is 10.4. The van der Waals surface area contributed by atoms with Crippen LogP contribution in [0.3, 0.4) is 0 Å². The summed E-state index contributed by atoms with van der Waals surface area (Å²) < 4.78 is 30.2. The van der Waals surface area contributed by atoms with E-state index < -0.39 is 26.3 Å². The second-order valence-corrected chi connectivity index (χ2v) is 7.16. The number of non-ortho nitro benzene ring substituents is 1. The van der Waals surface area contributed by atoms with Gasteiger partial charge in [-0.1, -0.05) is 29.8 Å². The molecule has 3 rings (SSSR count). The van der Waals surface area contributed by atoms with Crippen LogP contribution in [0.5, 0.6) is 0 Å². The van der Waals surface area contributed by atoms with Gasteiger partial charge in [-0.3, -0.25) is 10.1 Å². The van der Waals surface area contributed by atoms with E-state index in [-0.39, 0.29) is 10.6 Å². The second-order valence-electron chi connectivity index (χ2n) is 5.14. The highest BCUT2D eigenvalue weighted by molar-refractivity contribution is 7.92. The highest BCUT2D eigenvalue weighted by Crippen LogP contribution is 2.45. The molecule has 0 saturated carbocycles. The molecule has 0 aliphatic carbocycles. The lowest BCUT2D eigenvalue weighted by atomic mass is 10.1. The molecule has 0 aromatic heterocycles. The van der Waals surface area contributed by atoms with Crippen molar-refractivity contribution in [3.8, 4) is 0 Å². The Bertz CT molecular complexity index is 829. The van der Waals surface area contributed by atoms with Gasteiger partial charge in [0.1, 0.15) is 6.10 Å². The maximum atomic E-state index is 12.4. The highest BCUT2D eigenvalue weighted by atomic mass is 32.2. The molecule has 7 heteroatoms. The van der Waals surface area contributed by atoms with Crippen molar-refractivity contribution in [1.82, 2.24) is 0 Å². The molecule has 1 saturated heterocycles. The minimum absolute atomic E-state index is 0.0838. The van der Waals surface area contributed by atoms with Gasteiger partial charge in [-0.15, -0.1) is 0 Å². The zero-order valence-corrected chi connectivity index (χ0v) is 12.5. The summed E-state index contributed by atoms with van der Waals surface area (Å²) in [5.41, 5.74) is 0.387. The predicted molar refractivity (Wildman–Crippen MR) is 79.1 cm³/mol. The first-order valence-electron chi connectivity index (χ1n) is 6.60. The third-order valence-electron chi connectivity index (χ3n) is 3.52. The van der Waals surface area contributed by atoms with Crippen LogP contribution in [0.4, 0.5) is 5.69 Å². The van der Waals surface area contributed by atoms with Crippen molar-refractivity contribution in [3.05, 3.63) is 69.8 Å². The lowest BCUT2D eigenvalue weighted by Gasteiger charge is -2.02. The Labute approximate surface area is 127 Å². The number of aryl methyl sites for hydroxylation is 1. The molecule has 0 N–H and O–H groups in total. The van der Waals surface area contributed by atoms with Gasteiger partial charge in [0, 0.05) is 12.1 Å². The first-order valence-corrected chi connectivity index (χ1v) is 8.14. The molecule has 0 radical (unpaired) electrons. The summed E-state index contributed by atoms with van der Waals surface area (Å²) in [6.45, 7) is 1.87. The Morgan fingerprint density at radius 1 is 1.14 bits per heavy atom. The maximum absolute atomic E-state index is 12.4. The van der Waals surface area contributed by atoms with Crippen molar-refractivity contribution in [2.45, 2.75) is 23.4 Å². The number of benzene rings is 2. The number of nitro benzene ring substituents is 1. The molecule has 6 nitrogen and oxygen atoms in total. The lowest BCUT2D eigenvalue weighted by molar-refractivity contribution is -0.384. The Morgan fingerprint density at radius 2 is 1.82 bits per heavy atom. The van der Waals surface area contributed by atoms with Gasteiger partial charge in [0.2, 0.25) is 9.84 Å². The zero-order chi connectivity index (χ0) is 15.9. The maximum Gasteiger partial charge on any atom is 0.269 e. The molecule has 114 valence electrons. The number of ether oxygens (including phenoxy) is 1. The smallest absolute Gasteiger partial charge is 0.269 e. The number of hydrogen-bond acceptors (Lipinski definition) is 5. The third-order valence-corrected chi connectivity index (χ3v) is 5.42. The van der Waals surface area contributed by atoms with Crippen molar-refractivity contribution in [1.29, 1.82) is 0 Å². The van der Waals surface area contributed by atoms with E-state index in [0.717, 1.165) is 5.56 Å². The predicted octanol–water partition coefficient (Wildman–Crippen LogP) is 2.77. The van der Waals surface area contributed by atoms with E-state index in [1.165, 1.54) is 30.3 Å². The molecule has 22 heavy (non-hydrogen) atoms. The fourth-order valence-electron chi connectivity index (χ4n) is 2.25. The van der Waals surface area contributed by atoms with E-state index in [9.17, 15) is 18.5 Å². The molecule has 1 aliphatic heterocycles. The van der Waals surface area contributed by atoms with Gasteiger partial charge in [-0.05, 0) is 24.6 Å². The Kier molecular flexibility index (Phi) is 3.46. The van der Waals surface area contributed by atoms with Gasteiger partial charge >= 0.3 is 0 Å². The van der Waals surface area contributed by atoms with Gasteiger partial charge in [0.25, 0.3) is 5.69 Å². The van der Waals surface area contributed by atoms with E-state index in [4.69, 9.17) is 4.74 Å². The molecule has 0 spiro atoms. The summed E-state index contributed by atoms with van der Waals surface area (Å²) >= 11 is 0. The topological polar surface area (TPSA) is 89.8 Å². The third kappa shape index (κ3) is 2.60. The van der Waals surface area contributed by atoms with Crippen LogP contribution in [0.15, 0.2) is 53.4 Å². The number of sulfone groups is 1. The summed E-state index contributed by atoms with van der Waals surface area (Å²) in [5.74, 6) is 0. The molecule has 2 atom stereocenters. The van der Waals surface area contributed by atoms with Crippen molar-refractivity contribution >= 4 is 15.5 Å². The SMILES string of the molecule is Cc1ccc(S(=O)(=O)C2OC2c2cccc([N+](=O)[O-])c2)cc1. The van der Waals surface area contributed by atoms with Crippen LogP contribution in [0, 0.1) is 17.0 Å². The standard InChI is InChI=1S/C15H13NO5S/c1-10-5-7-13(8-6-10)22(19,20)15-14(21-15)11-3-2-4-12(9-11)16(17)18/h2-9,14-15H,1H3. The van der Waals surface area contributed by atoms with Crippen LogP contribution in [0.2, 0.25) is 0 Å². The molecule has 0 bridgehead atoms. The van der Waals surface area contributed by atoms with Crippen LogP contribution < -0.4 is 0 Å². The largest absolute Gasteiger partial charge is 0.347 e. The normalized spacial score (nSPS) is 20.6. The number of rotatable bonds is 4. The average molecular weight is 319 g/mol. The zero-order valence-electron chi connectivity index (χ0n) is 11.7. The molecule has 1 aliphatic rings. The molecular formula is C15H13NO5S. The van der Waals surface area contributed by atoms with E-state index >= 15 is 0 Å². The van der Waals surface area contributed by atoms with E-state index in [1.54, 1.807) is 18.2 Å². The molecular weight excluding hydrogens is 306 g/mol. The van der Waals surface area contributed by atoms with Gasteiger partial charge in [0.05, 0.1) is 9.82 Å². The molecule has 2 aromatic rings. The van der Waals surface area contributed by atoms with Crippen LogP contribution in [-0.2, 0) is 14.6 Å². The molecule has 1 heterocycles. The molecule has 2 unspecified atom stereocenters. The summed E-state index contributed by atoms with van der Waals surface area (Å²) in [5, 5.41) is 10.8. The Morgan fingerprint density at radius 3 is 2.45 bits per heavy atom. The fraction of sp³-hybridized carbons (Fsp3) is 0.200. The lowest BCUT2D eigenvalue weighted by Crippen LogP contribution is -2.09. The van der Waals surface area contributed by atoms with Crippen LogP contribution in [-0.4, -0.2) is 18.8 Å². The molecule has 2 aromatic carbocycles. The second kappa shape index (κ2) is 5.19. The summed E-state index contributed by atoms with van der Waals surface area (Å²) in [4.78, 5) is 10.4.